The second kappa shape index (κ2) is 12.6. The SMILES string of the molecule is CCCCCCC#Cc1ccc(C#Cc2ccc(-c3cc(F)c(N=C=S)c(F)c3)cc2)c(C)c1. The predicted molar refractivity (Wildman–Crippen MR) is 139 cm³/mol. The summed E-state index contributed by atoms with van der Waals surface area (Å²) in [6.45, 7) is 4.23. The second-order valence-corrected chi connectivity index (χ2v) is 8.14. The van der Waals surface area contributed by atoms with Crippen molar-refractivity contribution in [3.05, 3.63) is 88.5 Å². The lowest BCUT2D eigenvalue weighted by molar-refractivity contribution is 0.588. The minimum Gasteiger partial charge on any atom is -0.204 e. The van der Waals surface area contributed by atoms with Crippen molar-refractivity contribution in [3.8, 4) is 34.8 Å². The minimum absolute atomic E-state index is 0.413. The molecule has 34 heavy (non-hydrogen) atoms. The van der Waals surface area contributed by atoms with Crippen molar-refractivity contribution in [2.45, 2.75) is 46.0 Å². The van der Waals surface area contributed by atoms with E-state index in [1.54, 1.807) is 12.1 Å². The lowest BCUT2D eigenvalue weighted by Crippen LogP contribution is -1.87. The van der Waals surface area contributed by atoms with Gasteiger partial charge in [0.1, 0.15) is 5.69 Å². The molecule has 0 aromatic heterocycles. The molecule has 170 valence electrons. The van der Waals surface area contributed by atoms with Crippen molar-refractivity contribution < 1.29 is 8.78 Å². The third-order valence-corrected chi connectivity index (χ3v) is 5.44. The number of hydrogen-bond acceptors (Lipinski definition) is 2. The van der Waals surface area contributed by atoms with E-state index < -0.39 is 17.3 Å². The molecule has 0 aliphatic rings. The lowest BCUT2D eigenvalue weighted by Gasteiger charge is -2.05. The molecule has 0 spiro atoms. The van der Waals surface area contributed by atoms with Crippen LogP contribution in [0.15, 0.2) is 59.6 Å². The molecule has 0 unspecified atom stereocenters. The van der Waals surface area contributed by atoms with Crippen LogP contribution in [0.2, 0.25) is 0 Å². The third-order valence-electron chi connectivity index (χ3n) is 5.35. The maximum Gasteiger partial charge on any atom is 0.153 e. The van der Waals surface area contributed by atoms with E-state index in [2.05, 4.69) is 53.9 Å². The summed E-state index contributed by atoms with van der Waals surface area (Å²) in [4.78, 5) is 3.44. The number of hydrogen-bond donors (Lipinski definition) is 0. The van der Waals surface area contributed by atoms with Gasteiger partial charge in [-0.1, -0.05) is 62.0 Å². The van der Waals surface area contributed by atoms with Crippen LogP contribution in [0.4, 0.5) is 14.5 Å². The zero-order chi connectivity index (χ0) is 24.3. The molecule has 0 saturated carbocycles. The molecule has 0 amide bonds. The van der Waals surface area contributed by atoms with E-state index >= 15 is 0 Å². The fourth-order valence-electron chi connectivity index (χ4n) is 3.46. The van der Waals surface area contributed by atoms with Crippen molar-refractivity contribution in [3.63, 3.8) is 0 Å². The highest BCUT2D eigenvalue weighted by Crippen LogP contribution is 2.29. The van der Waals surface area contributed by atoms with Gasteiger partial charge in [0.15, 0.2) is 11.6 Å². The minimum atomic E-state index is -0.781. The zero-order valence-electron chi connectivity index (χ0n) is 19.3. The highest BCUT2D eigenvalue weighted by Gasteiger charge is 2.11. The van der Waals surface area contributed by atoms with E-state index in [9.17, 15) is 8.78 Å². The van der Waals surface area contributed by atoms with Gasteiger partial charge in [0.25, 0.3) is 0 Å². The van der Waals surface area contributed by atoms with Gasteiger partial charge < -0.3 is 0 Å². The number of aryl methyl sites for hydroxylation is 1. The van der Waals surface area contributed by atoms with Crippen LogP contribution in [-0.4, -0.2) is 5.16 Å². The first-order valence-corrected chi connectivity index (χ1v) is 11.7. The number of thiocarbonyl (C=S) groups is 1. The summed E-state index contributed by atoms with van der Waals surface area (Å²) in [6.07, 6.45) is 5.83. The molecule has 3 rings (SSSR count). The molecule has 0 saturated heterocycles. The van der Waals surface area contributed by atoms with Crippen molar-refractivity contribution in [1.29, 1.82) is 0 Å². The Hall–Kier alpha value is -3.56. The summed E-state index contributed by atoms with van der Waals surface area (Å²) >= 11 is 4.43. The maximum atomic E-state index is 14.1. The molecule has 0 radical (unpaired) electrons. The summed E-state index contributed by atoms with van der Waals surface area (Å²) in [5.41, 5.74) is 4.49. The van der Waals surface area contributed by atoms with Gasteiger partial charge in [0.2, 0.25) is 0 Å². The topological polar surface area (TPSA) is 12.4 Å². The maximum absolute atomic E-state index is 14.1. The Morgan fingerprint density at radius 3 is 2.15 bits per heavy atom. The van der Waals surface area contributed by atoms with Crippen LogP contribution in [0.25, 0.3) is 11.1 Å². The standard InChI is InChI=1S/C30H25F2NS/c1-3-4-5-6-7-8-9-24-13-15-25(22(2)18-24)14-10-23-11-16-26(17-12-23)27-19-28(31)30(33-21-34)29(32)20-27/h11-13,15-20H,3-7H2,1-2H3. The van der Waals surface area contributed by atoms with Crippen LogP contribution < -0.4 is 0 Å². The number of rotatable bonds is 6. The third kappa shape index (κ3) is 6.97. The van der Waals surface area contributed by atoms with Crippen LogP contribution in [-0.2, 0) is 0 Å². The normalized spacial score (nSPS) is 9.88. The molecule has 0 heterocycles. The smallest absolute Gasteiger partial charge is 0.153 e. The molecule has 3 aromatic rings. The summed E-state index contributed by atoms with van der Waals surface area (Å²) < 4.78 is 28.2. The van der Waals surface area contributed by atoms with Gasteiger partial charge in [0.05, 0.1) is 5.16 Å². The average molecular weight is 470 g/mol. The Kier molecular flexibility index (Phi) is 9.30. The summed E-state index contributed by atoms with van der Waals surface area (Å²) in [5.74, 6) is 11.3. The number of halogens is 2. The van der Waals surface area contributed by atoms with Crippen molar-refractivity contribution in [2.24, 2.45) is 4.99 Å². The molecule has 3 aromatic carbocycles. The van der Waals surface area contributed by atoms with E-state index in [0.717, 1.165) is 35.1 Å². The fraction of sp³-hybridized carbons (Fsp3) is 0.233. The van der Waals surface area contributed by atoms with Gasteiger partial charge >= 0.3 is 0 Å². The van der Waals surface area contributed by atoms with Crippen LogP contribution in [0.5, 0.6) is 0 Å². The predicted octanol–water partition coefficient (Wildman–Crippen LogP) is 8.40. The first-order valence-electron chi connectivity index (χ1n) is 11.3. The molecule has 0 aliphatic carbocycles. The Balaban J connectivity index is 1.70. The molecule has 0 fully saturated rings. The first kappa shape index (κ1) is 25.1. The molecule has 0 bridgehead atoms. The van der Waals surface area contributed by atoms with Crippen molar-refractivity contribution >= 4 is 23.1 Å². The molecular formula is C30H25F2NS. The lowest BCUT2D eigenvalue weighted by atomic mass is 10.0. The Bertz CT molecular complexity index is 1310. The van der Waals surface area contributed by atoms with Gasteiger partial charge in [0, 0.05) is 23.1 Å². The van der Waals surface area contributed by atoms with Crippen molar-refractivity contribution in [1.82, 2.24) is 0 Å². The van der Waals surface area contributed by atoms with E-state index in [0.29, 0.717) is 11.1 Å². The first-order chi connectivity index (χ1) is 16.5. The van der Waals surface area contributed by atoms with Gasteiger partial charge in [-0.25, -0.2) is 8.78 Å². The number of unbranched alkanes of at least 4 members (excludes halogenated alkanes) is 4. The molecule has 4 heteroatoms. The Labute approximate surface area is 206 Å². The van der Waals surface area contributed by atoms with E-state index in [1.165, 1.54) is 31.4 Å². The number of nitrogens with zero attached hydrogens (tertiary/aromatic N) is 1. The molecule has 0 N–H and O–H groups in total. The summed E-state index contributed by atoms with van der Waals surface area (Å²) in [5, 5.41) is 1.99. The Morgan fingerprint density at radius 2 is 1.50 bits per heavy atom. The van der Waals surface area contributed by atoms with E-state index in [1.807, 2.05) is 36.4 Å². The molecule has 0 aliphatic heterocycles. The second-order valence-electron chi connectivity index (χ2n) is 7.96. The quantitative estimate of drug-likeness (QED) is 0.153. The van der Waals surface area contributed by atoms with Crippen LogP contribution >= 0.6 is 12.2 Å². The molecule has 0 atom stereocenters. The number of benzene rings is 3. The molecule has 1 nitrogen and oxygen atoms in total. The highest BCUT2D eigenvalue weighted by atomic mass is 32.1. The van der Waals surface area contributed by atoms with E-state index in [-0.39, 0.29) is 0 Å². The average Bonchev–Trinajstić information content (AvgIpc) is 2.83. The number of isothiocyanates is 1. The van der Waals surface area contributed by atoms with Crippen LogP contribution in [0.1, 0.15) is 61.3 Å². The monoisotopic (exact) mass is 469 g/mol. The zero-order valence-corrected chi connectivity index (χ0v) is 20.2. The van der Waals surface area contributed by atoms with Gasteiger partial charge in [-0.05, 0) is 84.7 Å². The van der Waals surface area contributed by atoms with Crippen LogP contribution in [0.3, 0.4) is 0 Å². The summed E-state index contributed by atoms with van der Waals surface area (Å²) in [6, 6.07) is 15.7. The van der Waals surface area contributed by atoms with E-state index in [4.69, 9.17) is 0 Å². The van der Waals surface area contributed by atoms with Gasteiger partial charge in [-0.2, -0.15) is 4.99 Å². The van der Waals surface area contributed by atoms with Gasteiger partial charge in [-0.3, -0.25) is 0 Å². The molecular weight excluding hydrogens is 444 g/mol. The largest absolute Gasteiger partial charge is 0.204 e. The fourth-order valence-corrected chi connectivity index (χ4v) is 3.55. The van der Waals surface area contributed by atoms with Gasteiger partial charge in [-0.15, -0.1) is 0 Å². The Morgan fingerprint density at radius 1 is 0.794 bits per heavy atom. The highest BCUT2D eigenvalue weighted by molar-refractivity contribution is 7.78. The van der Waals surface area contributed by atoms with Crippen molar-refractivity contribution in [2.75, 3.05) is 0 Å². The summed E-state index contributed by atoms with van der Waals surface area (Å²) in [7, 11) is 0. The number of aliphatic imine (C=N–C) groups is 1. The van der Waals surface area contributed by atoms with Crippen LogP contribution in [0, 0.1) is 42.2 Å².